The van der Waals surface area contributed by atoms with Crippen LogP contribution in [0.5, 0.6) is 5.75 Å². The smallest absolute Gasteiger partial charge is 0.257 e. The predicted molar refractivity (Wildman–Crippen MR) is 124 cm³/mol. The number of aryl methyl sites for hydroxylation is 1. The zero-order valence-electron chi connectivity index (χ0n) is 18.7. The third kappa shape index (κ3) is 5.33. The monoisotopic (exact) mass is 405 g/mol. The van der Waals surface area contributed by atoms with Gasteiger partial charge in [-0.3, -0.25) is 4.79 Å². The summed E-state index contributed by atoms with van der Waals surface area (Å²) in [5.41, 5.74) is 4.81. The first kappa shape index (κ1) is 22.1. The molecule has 3 rings (SSSR count). The number of phenolic OH excluding ortho intramolecular Hbond substituents is 1. The second kappa shape index (κ2) is 10.5. The molecule has 1 aliphatic rings. The normalized spacial score (nSPS) is 16.2. The number of unbranched alkanes of at least 4 members (excludes halogenated alkanes) is 2. The number of carbonyl (C=O) groups excluding carboxylic acids is 1. The van der Waals surface area contributed by atoms with Crippen molar-refractivity contribution in [3.63, 3.8) is 0 Å². The summed E-state index contributed by atoms with van der Waals surface area (Å²) in [6.45, 7) is 4.86. The summed E-state index contributed by atoms with van der Waals surface area (Å²) in [7, 11) is 1.82. The van der Waals surface area contributed by atoms with Gasteiger partial charge in [0.1, 0.15) is 5.75 Å². The number of carbonyl (C=O) groups is 1. The number of benzene rings is 2. The molecular formula is C27H35NO2. The molecule has 0 aromatic heterocycles. The third-order valence-corrected chi connectivity index (χ3v) is 6.14. The minimum Gasteiger partial charge on any atom is -0.507 e. The number of nitrogens with zero attached hydrogens (tertiary/aromatic N) is 1. The van der Waals surface area contributed by atoms with Crippen LogP contribution in [0.3, 0.4) is 0 Å². The maximum Gasteiger partial charge on any atom is 0.257 e. The molecule has 30 heavy (non-hydrogen) atoms. The Balaban J connectivity index is 1.94. The van der Waals surface area contributed by atoms with Gasteiger partial charge >= 0.3 is 0 Å². The maximum absolute atomic E-state index is 13.5. The van der Waals surface area contributed by atoms with Crippen LogP contribution in [0.15, 0.2) is 54.1 Å². The highest BCUT2D eigenvalue weighted by Gasteiger charge is 2.25. The van der Waals surface area contributed by atoms with Gasteiger partial charge in [0.2, 0.25) is 0 Å². The molecule has 1 unspecified atom stereocenters. The molecule has 0 radical (unpaired) electrons. The highest BCUT2D eigenvalue weighted by Crippen LogP contribution is 2.39. The molecule has 0 saturated heterocycles. The van der Waals surface area contributed by atoms with Crippen LogP contribution in [0.25, 0.3) is 0 Å². The van der Waals surface area contributed by atoms with Crippen LogP contribution in [0.4, 0.5) is 0 Å². The van der Waals surface area contributed by atoms with Gasteiger partial charge in [-0.2, -0.15) is 0 Å². The van der Waals surface area contributed by atoms with Gasteiger partial charge in [-0.1, -0.05) is 73.9 Å². The predicted octanol–water partition coefficient (Wildman–Crippen LogP) is 6.61. The summed E-state index contributed by atoms with van der Waals surface area (Å²) in [6.07, 6.45) is 9.64. The molecule has 0 aliphatic heterocycles. The van der Waals surface area contributed by atoms with E-state index in [0.717, 1.165) is 61.6 Å². The molecule has 3 heteroatoms. The summed E-state index contributed by atoms with van der Waals surface area (Å²) in [4.78, 5) is 15.2. The third-order valence-electron chi connectivity index (χ3n) is 6.14. The van der Waals surface area contributed by atoms with Crippen LogP contribution in [0.1, 0.15) is 85.3 Å². The molecule has 1 amide bonds. The fourth-order valence-corrected chi connectivity index (χ4v) is 4.44. The van der Waals surface area contributed by atoms with Crippen LogP contribution >= 0.6 is 0 Å². The van der Waals surface area contributed by atoms with Gasteiger partial charge in [0, 0.05) is 25.1 Å². The molecule has 3 nitrogen and oxygen atoms in total. The fourth-order valence-electron chi connectivity index (χ4n) is 4.44. The summed E-state index contributed by atoms with van der Waals surface area (Å²) < 4.78 is 0. The minimum atomic E-state index is -0.0961. The second-order valence-electron chi connectivity index (χ2n) is 8.65. The first-order chi connectivity index (χ1) is 14.5. The number of aromatic hydroxyl groups is 1. The van der Waals surface area contributed by atoms with E-state index in [0.29, 0.717) is 12.1 Å². The average Bonchev–Trinajstić information content (AvgIpc) is 2.74. The summed E-state index contributed by atoms with van der Waals surface area (Å²) in [5, 5.41) is 11.3. The van der Waals surface area contributed by atoms with Gasteiger partial charge in [-0.15, -0.1) is 0 Å². The fraction of sp³-hybridized carbons (Fsp3) is 0.444. The van der Waals surface area contributed by atoms with Crippen LogP contribution in [-0.4, -0.2) is 23.0 Å². The summed E-state index contributed by atoms with van der Waals surface area (Å²) in [6, 6.07) is 14.1. The average molecular weight is 406 g/mol. The minimum absolute atomic E-state index is 0.0961. The molecule has 0 spiro atoms. The lowest BCUT2D eigenvalue weighted by atomic mass is 9.83. The van der Waals surface area contributed by atoms with Crippen molar-refractivity contribution in [2.24, 2.45) is 0 Å². The summed E-state index contributed by atoms with van der Waals surface area (Å²) >= 11 is 0. The molecule has 1 N–H and O–H groups in total. The van der Waals surface area contributed by atoms with E-state index in [1.165, 1.54) is 5.57 Å². The van der Waals surface area contributed by atoms with E-state index in [1.54, 1.807) is 4.90 Å². The summed E-state index contributed by atoms with van der Waals surface area (Å²) in [5.74, 6) is 0.278. The number of hydrogen-bond donors (Lipinski definition) is 1. The van der Waals surface area contributed by atoms with Gasteiger partial charge in [-0.05, 0) is 50.2 Å². The number of phenols is 1. The van der Waals surface area contributed by atoms with Crippen molar-refractivity contribution in [1.82, 2.24) is 4.90 Å². The molecule has 1 atom stereocenters. The van der Waals surface area contributed by atoms with Crippen molar-refractivity contribution in [3.05, 3.63) is 76.4 Å². The second-order valence-corrected chi connectivity index (χ2v) is 8.65. The van der Waals surface area contributed by atoms with Crippen LogP contribution < -0.4 is 0 Å². The van der Waals surface area contributed by atoms with E-state index in [-0.39, 0.29) is 17.6 Å². The molecule has 0 saturated carbocycles. The van der Waals surface area contributed by atoms with E-state index in [2.05, 4.69) is 26.0 Å². The van der Waals surface area contributed by atoms with Crippen LogP contribution in [-0.2, 0) is 13.0 Å². The number of rotatable bonds is 8. The molecule has 2 aromatic carbocycles. The molecule has 0 heterocycles. The lowest BCUT2D eigenvalue weighted by Crippen LogP contribution is -2.27. The first-order valence-electron chi connectivity index (χ1n) is 11.3. The highest BCUT2D eigenvalue weighted by atomic mass is 16.3. The first-order valence-corrected chi connectivity index (χ1v) is 11.3. The molecule has 0 bridgehead atoms. The maximum atomic E-state index is 13.5. The van der Waals surface area contributed by atoms with Crippen LogP contribution in [0.2, 0.25) is 0 Å². The van der Waals surface area contributed by atoms with E-state index in [4.69, 9.17) is 0 Å². The van der Waals surface area contributed by atoms with Crippen LogP contribution in [0, 0.1) is 0 Å². The van der Waals surface area contributed by atoms with Gasteiger partial charge in [0.05, 0.1) is 5.56 Å². The zero-order valence-corrected chi connectivity index (χ0v) is 18.7. The van der Waals surface area contributed by atoms with Crippen molar-refractivity contribution in [1.29, 1.82) is 0 Å². The SMILES string of the molecule is CCCCCc1ccc(C2C=C(C)CCC2)c(O)c1C(=O)N(C)Cc1ccccc1. The molecule has 0 fully saturated rings. The Morgan fingerprint density at radius 2 is 1.90 bits per heavy atom. The Labute approximate surface area is 181 Å². The van der Waals surface area contributed by atoms with E-state index >= 15 is 0 Å². The van der Waals surface area contributed by atoms with Gasteiger partial charge in [0.25, 0.3) is 5.91 Å². The molecule has 2 aromatic rings. The highest BCUT2D eigenvalue weighted by molar-refractivity contribution is 5.98. The van der Waals surface area contributed by atoms with E-state index < -0.39 is 0 Å². The van der Waals surface area contributed by atoms with E-state index in [9.17, 15) is 9.90 Å². The van der Waals surface area contributed by atoms with Crippen molar-refractivity contribution in [2.45, 2.75) is 71.3 Å². The van der Waals surface area contributed by atoms with E-state index in [1.807, 2.05) is 43.4 Å². The zero-order chi connectivity index (χ0) is 21.5. The molecular weight excluding hydrogens is 370 g/mol. The van der Waals surface area contributed by atoms with Gasteiger partial charge in [0.15, 0.2) is 0 Å². The largest absolute Gasteiger partial charge is 0.507 e. The Morgan fingerprint density at radius 1 is 1.13 bits per heavy atom. The lowest BCUT2D eigenvalue weighted by Gasteiger charge is -2.25. The Bertz CT molecular complexity index is 885. The Hall–Kier alpha value is -2.55. The van der Waals surface area contributed by atoms with Gasteiger partial charge < -0.3 is 10.0 Å². The number of hydrogen-bond acceptors (Lipinski definition) is 2. The number of amides is 1. The molecule has 1 aliphatic carbocycles. The number of allylic oxidation sites excluding steroid dienone is 2. The van der Waals surface area contributed by atoms with Crippen molar-refractivity contribution < 1.29 is 9.90 Å². The van der Waals surface area contributed by atoms with Gasteiger partial charge in [-0.25, -0.2) is 0 Å². The topological polar surface area (TPSA) is 40.5 Å². The van der Waals surface area contributed by atoms with Crippen molar-refractivity contribution >= 4 is 5.91 Å². The lowest BCUT2D eigenvalue weighted by molar-refractivity contribution is 0.0780. The Morgan fingerprint density at radius 3 is 2.60 bits per heavy atom. The standard InChI is InChI=1S/C27H35NO2/c1-4-5-7-14-22-16-17-24(23-15-10-11-20(2)18-23)26(29)25(22)27(30)28(3)19-21-12-8-6-9-13-21/h6,8-9,12-13,16-18,23,29H,4-5,7,10-11,14-15,19H2,1-3H3. The Kier molecular flexibility index (Phi) is 7.73. The quantitative estimate of drug-likeness (QED) is 0.396. The molecule has 160 valence electrons. The van der Waals surface area contributed by atoms with Crippen molar-refractivity contribution in [2.75, 3.05) is 7.05 Å². The van der Waals surface area contributed by atoms with Crippen molar-refractivity contribution in [3.8, 4) is 5.75 Å².